The summed E-state index contributed by atoms with van der Waals surface area (Å²) in [4.78, 5) is 42.5. The van der Waals surface area contributed by atoms with Crippen LogP contribution in [0.4, 0.5) is 14.6 Å². The maximum Gasteiger partial charge on any atom is 0.351 e. The van der Waals surface area contributed by atoms with Crippen molar-refractivity contribution in [2.45, 2.75) is 44.2 Å². The van der Waals surface area contributed by atoms with Crippen molar-refractivity contribution in [2.24, 2.45) is 0 Å². The molecule has 11 nitrogen and oxygen atoms in total. The van der Waals surface area contributed by atoms with Gasteiger partial charge in [-0.3, -0.25) is 14.3 Å². The number of carbonyl (C=O) groups excluding carboxylic acids is 1. The maximum absolute atomic E-state index is 15.8. The smallest absolute Gasteiger partial charge is 0.351 e. The van der Waals surface area contributed by atoms with Gasteiger partial charge in [0, 0.05) is 49.4 Å². The summed E-state index contributed by atoms with van der Waals surface area (Å²) < 4.78 is 57.5. The first kappa shape index (κ1) is 31.7. The second-order valence-corrected chi connectivity index (χ2v) is 13.2. The molecule has 1 aromatic carbocycles. The van der Waals surface area contributed by atoms with Crippen LogP contribution in [0.1, 0.15) is 37.9 Å². The molecule has 0 radical (unpaired) electrons. The lowest BCUT2D eigenvalue weighted by atomic mass is 10.0. The topological polar surface area (TPSA) is 139 Å². The van der Waals surface area contributed by atoms with Crippen LogP contribution in [0.5, 0.6) is 5.75 Å². The molecule has 5 rings (SSSR count). The molecule has 4 heterocycles. The Morgan fingerprint density at radius 1 is 1.18 bits per heavy atom. The van der Waals surface area contributed by atoms with Gasteiger partial charge in [-0.1, -0.05) is 26.5 Å². The van der Waals surface area contributed by atoms with Gasteiger partial charge in [0.25, 0.3) is 0 Å². The first-order chi connectivity index (χ1) is 21.2. The lowest BCUT2D eigenvalue weighted by molar-refractivity contribution is -0.126. The van der Waals surface area contributed by atoms with Gasteiger partial charge in [0.15, 0.2) is 15.7 Å². The quantitative estimate of drug-likeness (QED) is 0.301. The average Bonchev–Trinajstić information content (AvgIpc) is 2.97. The van der Waals surface area contributed by atoms with Gasteiger partial charge in [0.1, 0.15) is 28.7 Å². The molecule has 0 spiro atoms. The van der Waals surface area contributed by atoms with Crippen LogP contribution in [-0.2, 0) is 21.2 Å². The van der Waals surface area contributed by atoms with Crippen LogP contribution in [0.3, 0.4) is 0 Å². The van der Waals surface area contributed by atoms with E-state index in [1.54, 1.807) is 9.80 Å². The molecule has 0 aliphatic carbocycles. The summed E-state index contributed by atoms with van der Waals surface area (Å²) in [6, 6.07) is 5.54. The number of aromatic nitrogens is 4. The molecule has 0 bridgehead atoms. The van der Waals surface area contributed by atoms with Gasteiger partial charge in [-0.15, -0.1) is 0 Å². The van der Waals surface area contributed by atoms with Crippen molar-refractivity contribution < 1.29 is 27.1 Å². The number of anilines is 1. The summed E-state index contributed by atoms with van der Waals surface area (Å²) in [5.74, 6) is -2.87. The monoisotopic (exact) mass is 638 g/mol. The number of carbonyl (C=O) groups is 1. The number of pyridine rings is 2. The van der Waals surface area contributed by atoms with E-state index >= 15 is 4.39 Å². The van der Waals surface area contributed by atoms with E-state index in [-0.39, 0.29) is 71.4 Å². The van der Waals surface area contributed by atoms with Crippen LogP contribution in [-0.4, -0.2) is 75.8 Å². The fourth-order valence-electron chi connectivity index (χ4n) is 5.69. The summed E-state index contributed by atoms with van der Waals surface area (Å²) in [6.45, 7) is 9.47. The highest BCUT2D eigenvalue weighted by atomic mass is 32.2. The summed E-state index contributed by atoms with van der Waals surface area (Å²) in [6.07, 6.45) is 3.63. The van der Waals surface area contributed by atoms with Gasteiger partial charge in [0.2, 0.25) is 5.91 Å². The fraction of sp³-hybridized carbons (Fsp3) is 0.323. The first-order valence-electron chi connectivity index (χ1n) is 14.2. The molecule has 0 unspecified atom stereocenters. The molecule has 1 amide bonds. The van der Waals surface area contributed by atoms with Crippen LogP contribution < -0.4 is 10.6 Å². The van der Waals surface area contributed by atoms with Crippen LogP contribution >= 0.6 is 0 Å². The van der Waals surface area contributed by atoms with Crippen LogP contribution in [0, 0.1) is 11.6 Å². The van der Waals surface area contributed by atoms with Gasteiger partial charge < -0.3 is 14.9 Å². The van der Waals surface area contributed by atoms with E-state index in [0.29, 0.717) is 5.69 Å². The SMILES string of the molecule is C=CC(=O)N1CCN(c2nc(=O)n(Cc3c(S(C)(=O)=O)ccnc3C(C)C)c3nc(-c4c(O)cccc4F)c(F)cc23)[C@@H](C)C1. The van der Waals surface area contributed by atoms with Crippen molar-refractivity contribution in [2.75, 3.05) is 30.8 Å². The Morgan fingerprint density at radius 3 is 2.53 bits per heavy atom. The molecule has 1 atom stereocenters. The number of hydrogen-bond donors (Lipinski definition) is 1. The molecule has 236 valence electrons. The number of phenols is 1. The van der Waals surface area contributed by atoms with Crippen molar-refractivity contribution in [1.82, 2.24) is 24.4 Å². The minimum atomic E-state index is -3.78. The number of aromatic hydroxyl groups is 1. The molecule has 3 aromatic heterocycles. The Labute approximate surface area is 258 Å². The standard InChI is InChI=1S/C31H32F2N6O5S/c1-6-25(41)37-12-13-38(18(4)15-37)30-19-14-22(33)28(26-21(32)8-7-9-23(26)40)35-29(19)39(31(42)36-30)16-20-24(45(5,43)44)10-11-34-27(20)17(2)3/h6-11,14,17-18,40H,1,12-13,15-16H2,2-5H3/t18-/m0/s1. The number of piperazine rings is 1. The average molecular weight is 639 g/mol. The van der Waals surface area contributed by atoms with Crippen molar-refractivity contribution in [3.05, 3.63) is 82.6 Å². The van der Waals surface area contributed by atoms with Gasteiger partial charge in [0.05, 0.1) is 22.4 Å². The van der Waals surface area contributed by atoms with E-state index in [2.05, 4.69) is 21.5 Å². The molecule has 1 aliphatic heterocycles. The van der Waals surface area contributed by atoms with Crippen molar-refractivity contribution in [3.8, 4) is 17.0 Å². The van der Waals surface area contributed by atoms with Crippen LogP contribution in [0.15, 0.2) is 58.9 Å². The zero-order chi connectivity index (χ0) is 32.8. The zero-order valence-corrected chi connectivity index (χ0v) is 26.0. The number of fused-ring (bicyclic) bond motifs is 1. The number of rotatable bonds is 7. The third-order valence-corrected chi connectivity index (χ3v) is 8.99. The Hall–Kier alpha value is -4.72. The van der Waals surface area contributed by atoms with E-state index in [1.165, 1.54) is 30.5 Å². The molecule has 1 fully saturated rings. The number of nitrogens with zero attached hydrogens (tertiary/aromatic N) is 6. The summed E-state index contributed by atoms with van der Waals surface area (Å²) >= 11 is 0. The van der Waals surface area contributed by atoms with E-state index < -0.39 is 44.2 Å². The van der Waals surface area contributed by atoms with E-state index in [1.807, 2.05) is 20.8 Å². The molecule has 45 heavy (non-hydrogen) atoms. The third-order valence-electron chi connectivity index (χ3n) is 7.81. The van der Waals surface area contributed by atoms with Gasteiger partial charge in [-0.2, -0.15) is 4.98 Å². The van der Waals surface area contributed by atoms with Crippen LogP contribution in [0.2, 0.25) is 0 Å². The number of benzene rings is 1. The van der Waals surface area contributed by atoms with Gasteiger partial charge in [-0.05, 0) is 43.2 Å². The molecule has 1 saturated heterocycles. The van der Waals surface area contributed by atoms with E-state index in [0.717, 1.165) is 23.0 Å². The largest absolute Gasteiger partial charge is 0.507 e. The second-order valence-electron chi connectivity index (χ2n) is 11.3. The number of amides is 1. The Bertz CT molecular complexity index is 1990. The van der Waals surface area contributed by atoms with E-state index in [4.69, 9.17) is 0 Å². The van der Waals surface area contributed by atoms with Crippen molar-refractivity contribution in [1.29, 1.82) is 0 Å². The zero-order valence-electron chi connectivity index (χ0n) is 25.2. The normalized spacial score (nSPS) is 15.6. The first-order valence-corrected chi connectivity index (χ1v) is 16.1. The second kappa shape index (κ2) is 12.0. The molecule has 4 aromatic rings. The number of halogens is 2. The maximum atomic E-state index is 15.8. The molecular weight excluding hydrogens is 606 g/mol. The fourth-order valence-corrected chi connectivity index (χ4v) is 6.61. The predicted octanol–water partition coefficient (Wildman–Crippen LogP) is 3.64. The molecule has 14 heteroatoms. The Morgan fingerprint density at radius 2 is 1.91 bits per heavy atom. The Kier molecular flexibility index (Phi) is 8.45. The van der Waals surface area contributed by atoms with E-state index in [9.17, 15) is 27.5 Å². The minimum absolute atomic E-state index is 0.0453. The third kappa shape index (κ3) is 5.89. The molecule has 1 aliphatic rings. The van der Waals surface area contributed by atoms with Gasteiger partial charge >= 0.3 is 5.69 Å². The summed E-state index contributed by atoms with van der Waals surface area (Å²) in [5.41, 5.74) is -1.32. The Balaban J connectivity index is 1.80. The molecular formula is C31H32F2N6O5S. The van der Waals surface area contributed by atoms with Crippen molar-refractivity contribution >= 4 is 32.6 Å². The summed E-state index contributed by atoms with van der Waals surface area (Å²) in [7, 11) is -3.78. The number of hydrogen-bond acceptors (Lipinski definition) is 9. The highest BCUT2D eigenvalue weighted by Crippen LogP contribution is 2.36. The van der Waals surface area contributed by atoms with Crippen molar-refractivity contribution in [3.63, 3.8) is 0 Å². The number of phenolic OH excluding ortho intramolecular Hbond substituents is 1. The lowest BCUT2D eigenvalue weighted by Crippen LogP contribution is -2.54. The van der Waals surface area contributed by atoms with Crippen LogP contribution in [0.25, 0.3) is 22.3 Å². The highest BCUT2D eigenvalue weighted by molar-refractivity contribution is 7.90. The molecule has 1 N–H and O–H groups in total. The van der Waals surface area contributed by atoms with Gasteiger partial charge in [-0.25, -0.2) is 27.0 Å². The summed E-state index contributed by atoms with van der Waals surface area (Å²) in [5, 5.41) is 10.6. The minimum Gasteiger partial charge on any atom is -0.507 e. The number of sulfone groups is 1. The highest BCUT2D eigenvalue weighted by Gasteiger charge is 2.31. The predicted molar refractivity (Wildman–Crippen MR) is 165 cm³/mol. The lowest BCUT2D eigenvalue weighted by Gasteiger charge is -2.40. The molecule has 0 saturated carbocycles.